The van der Waals surface area contributed by atoms with Crippen molar-refractivity contribution in [3.05, 3.63) is 29.6 Å². The number of carbonyl (C=O) groups excluding carboxylic acids is 1. The van der Waals surface area contributed by atoms with E-state index in [4.69, 9.17) is 5.11 Å². The average molecular weight is 287 g/mol. The molecule has 1 aromatic carbocycles. The molecule has 2 atom stereocenters. The molecular formula is C13H12F3NO3. The molecule has 0 bridgehead atoms. The third-order valence-corrected chi connectivity index (χ3v) is 3.43. The molecule has 1 fully saturated rings. The van der Waals surface area contributed by atoms with Gasteiger partial charge in [-0.1, -0.05) is 6.42 Å². The fourth-order valence-electron chi connectivity index (χ4n) is 2.45. The van der Waals surface area contributed by atoms with Crippen molar-refractivity contribution in [3.8, 4) is 0 Å². The molecule has 7 heteroatoms. The molecule has 0 unspecified atom stereocenters. The molecule has 108 valence electrons. The Hall–Kier alpha value is -2.05. The third-order valence-electron chi connectivity index (χ3n) is 3.43. The number of carbonyl (C=O) groups is 2. The van der Waals surface area contributed by atoms with Gasteiger partial charge in [-0.2, -0.15) is 0 Å². The topological polar surface area (TPSA) is 66.4 Å². The molecule has 0 heterocycles. The average Bonchev–Trinajstić information content (AvgIpc) is 2.82. The van der Waals surface area contributed by atoms with E-state index >= 15 is 0 Å². The summed E-state index contributed by atoms with van der Waals surface area (Å²) in [5, 5.41) is 11.0. The van der Waals surface area contributed by atoms with Crippen molar-refractivity contribution in [2.24, 2.45) is 11.8 Å². The van der Waals surface area contributed by atoms with Gasteiger partial charge >= 0.3 is 5.97 Å². The zero-order valence-corrected chi connectivity index (χ0v) is 10.3. The molecule has 0 saturated heterocycles. The van der Waals surface area contributed by atoms with Crippen LogP contribution in [0.3, 0.4) is 0 Å². The van der Waals surface area contributed by atoms with E-state index in [1.165, 1.54) is 0 Å². The largest absolute Gasteiger partial charge is 0.481 e. The summed E-state index contributed by atoms with van der Waals surface area (Å²) in [7, 11) is 0. The molecule has 4 nitrogen and oxygen atoms in total. The molecule has 0 aliphatic heterocycles. The molecule has 1 aliphatic carbocycles. The number of benzene rings is 1. The Morgan fingerprint density at radius 2 is 1.65 bits per heavy atom. The van der Waals surface area contributed by atoms with Gasteiger partial charge in [0.25, 0.3) is 0 Å². The van der Waals surface area contributed by atoms with E-state index in [-0.39, 0.29) is 0 Å². The molecule has 1 aromatic rings. The van der Waals surface area contributed by atoms with E-state index in [0.29, 0.717) is 31.4 Å². The first kappa shape index (κ1) is 14.4. The number of hydrogen-bond acceptors (Lipinski definition) is 2. The molecule has 0 aromatic heterocycles. The lowest BCUT2D eigenvalue weighted by Crippen LogP contribution is -2.30. The van der Waals surface area contributed by atoms with Gasteiger partial charge in [-0.15, -0.1) is 0 Å². The first-order valence-corrected chi connectivity index (χ1v) is 6.08. The Morgan fingerprint density at radius 3 is 2.20 bits per heavy atom. The molecule has 20 heavy (non-hydrogen) atoms. The summed E-state index contributed by atoms with van der Waals surface area (Å²) >= 11 is 0. The van der Waals surface area contributed by atoms with Crippen LogP contribution in [0.1, 0.15) is 19.3 Å². The van der Waals surface area contributed by atoms with Crippen LogP contribution in [0.15, 0.2) is 12.1 Å². The zero-order chi connectivity index (χ0) is 14.9. The van der Waals surface area contributed by atoms with E-state index in [2.05, 4.69) is 0 Å². The fourth-order valence-corrected chi connectivity index (χ4v) is 2.45. The Bertz CT molecular complexity index is 539. The highest BCUT2D eigenvalue weighted by Gasteiger charge is 2.38. The summed E-state index contributed by atoms with van der Waals surface area (Å²) in [4.78, 5) is 22.9. The van der Waals surface area contributed by atoms with Crippen molar-refractivity contribution < 1.29 is 27.9 Å². The summed E-state index contributed by atoms with van der Waals surface area (Å²) in [5.74, 6) is -7.14. The number of halogens is 3. The third kappa shape index (κ3) is 2.76. The number of amides is 1. The van der Waals surface area contributed by atoms with Crippen molar-refractivity contribution >= 4 is 17.6 Å². The first-order valence-electron chi connectivity index (χ1n) is 6.08. The van der Waals surface area contributed by atoms with Gasteiger partial charge in [0, 0.05) is 12.1 Å². The van der Waals surface area contributed by atoms with Gasteiger partial charge in [0.2, 0.25) is 5.91 Å². The summed E-state index contributed by atoms with van der Waals surface area (Å²) in [6.07, 6.45) is 1.25. The minimum atomic E-state index is -1.24. The lowest BCUT2D eigenvalue weighted by Gasteiger charge is -2.16. The summed E-state index contributed by atoms with van der Waals surface area (Å²) in [6.45, 7) is 0. The maximum atomic E-state index is 13.4. The van der Waals surface area contributed by atoms with Crippen molar-refractivity contribution in [1.29, 1.82) is 0 Å². The molecule has 1 aliphatic rings. The second-order valence-electron chi connectivity index (χ2n) is 4.72. The number of hydrogen-bond donors (Lipinski definition) is 2. The van der Waals surface area contributed by atoms with Crippen LogP contribution in [0.4, 0.5) is 18.9 Å². The molecule has 0 spiro atoms. The van der Waals surface area contributed by atoms with Crippen molar-refractivity contribution in [2.45, 2.75) is 19.3 Å². The summed E-state index contributed by atoms with van der Waals surface area (Å²) in [6, 6.07) is 0.893. The lowest BCUT2D eigenvalue weighted by molar-refractivity contribution is -0.145. The van der Waals surface area contributed by atoms with E-state index in [0.717, 1.165) is 0 Å². The SMILES string of the molecule is O=C(O)[C@H]1CCC[C@H]1C(=O)Nc1c(F)cc(F)cc1F. The Kier molecular flexibility index (Phi) is 3.96. The van der Waals surface area contributed by atoms with Gasteiger partial charge in [0.05, 0.1) is 11.8 Å². The number of nitrogens with one attached hydrogen (secondary N) is 1. The number of aliphatic carboxylic acids is 1. The van der Waals surface area contributed by atoms with Gasteiger partial charge < -0.3 is 10.4 Å². The fraction of sp³-hybridized carbons (Fsp3) is 0.385. The molecule has 2 N–H and O–H groups in total. The Morgan fingerprint density at radius 1 is 1.10 bits per heavy atom. The number of rotatable bonds is 3. The zero-order valence-electron chi connectivity index (χ0n) is 10.3. The van der Waals surface area contributed by atoms with Crippen LogP contribution >= 0.6 is 0 Å². The van der Waals surface area contributed by atoms with Gasteiger partial charge in [0.15, 0.2) is 11.6 Å². The molecule has 2 rings (SSSR count). The smallest absolute Gasteiger partial charge is 0.307 e. The van der Waals surface area contributed by atoms with Crippen LogP contribution in [-0.4, -0.2) is 17.0 Å². The minimum Gasteiger partial charge on any atom is -0.481 e. The number of anilines is 1. The monoisotopic (exact) mass is 287 g/mol. The normalized spacial score (nSPS) is 21.8. The maximum Gasteiger partial charge on any atom is 0.307 e. The van der Waals surface area contributed by atoms with Crippen molar-refractivity contribution in [1.82, 2.24) is 0 Å². The van der Waals surface area contributed by atoms with E-state index in [9.17, 15) is 22.8 Å². The summed E-state index contributed by atoms with van der Waals surface area (Å²) in [5.41, 5.74) is -0.757. The lowest BCUT2D eigenvalue weighted by atomic mass is 9.95. The highest BCUT2D eigenvalue weighted by molar-refractivity contribution is 5.95. The number of carboxylic acid groups (broad SMARTS) is 1. The van der Waals surface area contributed by atoms with Crippen LogP contribution in [0.5, 0.6) is 0 Å². The first-order chi connectivity index (χ1) is 9.40. The highest BCUT2D eigenvalue weighted by Crippen LogP contribution is 2.33. The maximum absolute atomic E-state index is 13.4. The van der Waals surface area contributed by atoms with Crippen molar-refractivity contribution in [3.63, 3.8) is 0 Å². The van der Waals surface area contributed by atoms with E-state index in [1.807, 2.05) is 5.32 Å². The van der Waals surface area contributed by atoms with E-state index < -0.39 is 46.9 Å². The second kappa shape index (κ2) is 5.52. The van der Waals surface area contributed by atoms with Crippen LogP contribution in [0.25, 0.3) is 0 Å². The summed E-state index contributed by atoms with van der Waals surface area (Å²) < 4.78 is 39.6. The minimum absolute atomic E-state index is 0.341. The Balaban J connectivity index is 2.18. The van der Waals surface area contributed by atoms with Crippen LogP contribution in [-0.2, 0) is 9.59 Å². The molecule has 0 radical (unpaired) electrons. The van der Waals surface area contributed by atoms with Crippen LogP contribution < -0.4 is 5.32 Å². The number of carboxylic acids is 1. The molecule has 1 saturated carbocycles. The highest BCUT2D eigenvalue weighted by atomic mass is 19.1. The van der Waals surface area contributed by atoms with Gasteiger partial charge in [0.1, 0.15) is 11.5 Å². The standard InChI is InChI=1S/C13H12F3NO3/c14-6-4-9(15)11(10(16)5-6)17-12(18)7-2-1-3-8(7)13(19)20/h4-5,7-8H,1-3H2,(H,17,18)(H,19,20)/t7-,8+/m1/s1. The predicted octanol–water partition coefficient (Wildman–Crippen LogP) is 2.54. The van der Waals surface area contributed by atoms with Crippen molar-refractivity contribution in [2.75, 3.05) is 5.32 Å². The van der Waals surface area contributed by atoms with Crippen LogP contribution in [0, 0.1) is 29.3 Å². The van der Waals surface area contributed by atoms with Crippen LogP contribution in [0.2, 0.25) is 0 Å². The predicted molar refractivity (Wildman–Crippen MR) is 63.4 cm³/mol. The molecular weight excluding hydrogens is 275 g/mol. The van der Waals surface area contributed by atoms with Gasteiger partial charge in [-0.05, 0) is 12.8 Å². The molecule has 1 amide bonds. The van der Waals surface area contributed by atoms with E-state index in [1.54, 1.807) is 0 Å². The quantitative estimate of drug-likeness (QED) is 0.897. The van der Waals surface area contributed by atoms with Gasteiger partial charge in [-0.3, -0.25) is 9.59 Å². The Labute approximate surface area is 112 Å². The van der Waals surface area contributed by atoms with Gasteiger partial charge in [-0.25, -0.2) is 13.2 Å². The second-order valence-corrected chi connectivity index (χ2v) is 4.72.